The second-order valence-corrected chi connectivity index (χ2v) is 18.2. The van der Waals surface area contributed by atoms with Crippen LogP contribution in [0.15, 0.2) is 120 Å². The molecule has 0 unspecified atom stereocenters. The summed E-state index contributed by atoms with van der Waals surface area (Å²) < 4.78 is 37.6. The number of nitrogens with zero attached hydrogens (tertiary/aromatic N) is 3. The van der Waals surface area contributed by atoms with Crippen molar-refractivity contribution in [2.45, 2.75) is 82.4 Å². The maximum atomic E-state index is 14.8. The number of allylic oxidation sites excluding steroid dienone is 1. The highest BCUT2D eigenvalue weighted by molar-refractivity contribution is 6.18. The van der Waals surface area contributed by atoms with Gasteiger partial charge in [-0.15, -0.1) is 18.2 Å². The lowest BCUT2D eigenvalue weighted by Gasteiger charge is -2.59. The molecule has 6 atom stereocenters. The number of benzene rings is 4. The second kappa shape index (κ2) is 24.0. The Kier molecular flexibility index (Phi) is 17.1. The largest absolute Gasteiger partial charge is 0.459 e. The number of ether oxygens (including phenoxy) is 6. The van der Waals surface area contributed by atoms with Gasteiger partial charge in [-0.3, -0.25) is 15.0 Å². The minimum Gasteiger partial charge on any atom is -0.459 e. The zero-order valence-electron chi connectivity index (χ0n) is 39.3. The summed E-state index contributed by atoms with van der Waals surface area (Å²) in [6, 6.07) is 25.2. The van der Waals surface area contributed by atoms with E-state index in [0.29, 0.717) is 72.6 Å². The summed E-state index contributed by atoms with van der Waals surface area (Å²) in [7, 11) is 0. The molecule has 0 spiro atoms. The molecule has 2 heterocycles. The normalized spacial score (nSPS) is 22.0. The van der Waals surface area contributed by atoms with E-state index in [1.807, 2.05) is 48.5 Å². The fourth-order valence-corrected chi connectivity index (χ4v) is 10.3. The Morgan fingerprint density at radius 2 is 1.68 bits per heavy atom. The fourth-order valence-electron chi connectivity index (χ4n) is 10.3. The van der Waals surface area contributed by atoms with E-state index < -0.39 is 40.8 Å². The number of aliphatic hydroxyl groups is 2. The summed E-state index contributed by atoms with van der Waals surface area (Å²) in [6.45, 7) is 4.25. The molecule has 18 heteroatoms. The highest BCUT2D eigenvalue weighted by Gasteiger charge is 2.66. The van der Waals surface area contributed by atoms with Gasteiger partial charge in [0.2, 0.25) is 12.6 Å². The van der Waals surface area contributed by atoms with Crippen LogP contribution in [-0.2, 0) is 34.0 Å². The minimum atomic E-state index is -1.65. The molecule has 2 amide bonds. The molecule has 1 fully saturated rings. The van der Waals surface area contributed by atoms with Crippen molar-refractivity contribution >= 4 is 35.2 Å². The summed E-state index contributed by atoms with van der Waals surface area (Å²) >= 11 is 6.13. The number of non-ortho nitro benzene ring substituents is 1. The van der Waals surface area contributed by atoms with Crippen molar-refractivity contribution in [2.24, 2.45) is 22.9 Å². The van der Waals surface area contributed by atoms with Gasteiger partial charge in [-0.05, 0) is 102 Å². The Hall–Kier alpha value is -6.66. The van der Waals surface area contributed by atoms with Crippen LogP contribution in [0.5, 0.6) is 23.0 Å². The van der Waals surface area contributed by atoms with Crippen molar-refractivity contribution < 1.29 is 58.0 Å². The summed E-state index contributed by atoms with van der Waals surface area (Å²) in [5.74, 6) is -1.15. The van der Waals surface area contributed by atoms with E-state index in [2.05, 4.69) is 18.0 Å². The molecule has 0 radical (unpaired) electrons. The average Bonchev–Trinajstić information content (AvgIpc) is 3.86. The number of carbonyl (C=O) groups excluding carboxylic acids is 2. The van der Waals surface area contributed by atoms with E-state index >= 15 is 0 Å². The number of nitro groups is 1. The van der Waals surface area contributed by atoms with Gasteiger partial charge in [-0.25, -0.2) is 9.59 Å². The molecule has 1 saturated carbocycles. The number of hydrogen-bond donors (Lipinski definition) is 3. The number of aliphatic hydroxyl groups excluding tert-OH is 2. The highest BCUT2D eigenvalue weighted by atomic mass is 35.5. The van der Waals surface area contributed by atoms with Crippen LogP contribution >= 0.6 is 11.6 Å². The quantitative estimate of drug-likeness (QED) is 0.0208. The molecule has 3 N–H and O–H groups in total. The number of nitrogens with one attached hydrogen (secondary N) is 1. The first-order valence-electron chi connectivity index (χ1n) is 24.0. The number of carbonyl (C=O) groups is 2. The molecule has 376 valence electrons. The van der Waals surface area contributed by atoms with Crippen molar-refractivity contribution in [3.63, 3.8) is 0 Å². The van der Waals surface area contributed by atoms with Gasteiger partial charge in [0.25, 0.3) is 5.69 Å². The van der Waals surface area contributed by atoms with Crippen molar-refractivity contribution in [3.05, 3.63) is 148 Å². The van der Waals surface area contributed by atoms with Crippen LogP contribution in [0, 0.1) is 27.9 Å². The van der Waals surface area contributed by atoms with Gasteiger partial charge in [0, 0.05) is 56.3 Å². The van der Waals surface area contributed by atoms with Gasteiger partial charge >= 0.3 is 12.2 Å². The molecular formula is C53H59ClN4O13. The highest BCUT2D eigenvalue weighted by Crippen LogP contribution is 2.62. The summed E-state index contributed by atoms with van der Waals surface area (Å²) in [5, 5.41) is 39.2. The van der Waals surface area contributed by atoms with E-state index in [9.17, 15) is 29.9 Å². The van der Waals surface area contributed by atoms with E-state index in [1.165, 1.54) is 12.1 Å². The molecule has 0 saturated heterocycles. The van der Waals surface area contributed by atoms with E-state index in [0.717, 1.165) is 16.7 Å². The smallest absolute Gasteiger partial charge is 0.412 e. The molecule has 0 bridgehead atoms. The zero-order chi connectivity index (χ0) is 49.7. The van der Waals surface area contributed by atoms with Crippen LogP contribution in [0.1, 0.15) is 73.1 Å². The van der Waals surface area contributed by atoms with Crippen LogP contribution in [0.2, 0.25) is 0 Å². The van der Waals surface area contributed by atoms with Crippen LogP contribution < -0.4 is 24.3 Å². The van der Waals surface area contributed by atoms with Crippen molar-refractivity contribution in [3.8, 4) is 23.0 Å². The monoisotopic (exact) mass is 994 g/mol. The Labute approximate surface area is 417 Å². The van der Waals surface area contributed by atoms with Crippen molar-refractivity contribution in [1.82, 2.24) is 10.2 Å². The predicted octanol–water partition coefficient (Wildman–Crippen LogP) is 9.32. The van der Waals surface area contributed by atoms with Crippen LogP contribution in [0.3, 0.4) is 0 Å². The van der Waals surface area contributed by atoms with Crippen molar-refractivity contribution in [2.75, 3.05) is 39.1 Å². The van der Waals surface area contributed by atoms with E-state index in [1.54, 1.807) is 41.3 Å². The minimum absolute atomic E-state index is 0.000206. The van der Waals surface area contributed by atoms with Gasteiger partial charge in [0.15, 0.2) is 11.5 Å². The van der Waals surface area contributed by atoms with Gasteiger partial charge < -0.3 is 48.8 Å². The standard InChI is InChI=1S/C53H59ClN4O13/c1-2-25-68-53-48(57(52(62)65-26-22-54)32-37-16-20-46-47(27-37)67-34-66-46)30-44(56-69-33-36-14-17-39(18-15-36)58(63)64)42-28-38(12-6-8-23-59)41(13-7-9-24-60)49(50(42)53)43-29-40(19-21-45(43)71-53)70-51(61)55-31-35-10-4-3-5-11-35/h2-5,10-11,14-21,27-29,38,41,48-50,59-60H,1,6-9,12-13,22-26,30-34H2,(H,55,61)/t38-,41+,48-,49+,50+,53+/m0/s1. The Balaban J connectivity index is 1.29. The fraction of sp³-hybridized carbons (Fsp3) is 0.415. The second-order valence-electron chi connectivity index (χ2n) is 17.8. The molecule has 8 rings (SSSR count). The van der Waals surface area contributed by atoms with E-state index in [4.69, 9.17) is 50.0 Å². The predicted molar refractivity (Wildman–Crippen MR) is 262 cm³/mol. The summed E-state index contributed by atoms with van der Waals surface area (Å²) in [4.78, 5) is 46.8. The molecular weight excluding hydrogens is 936 g/mol. The number of unbranched alkanes of at least 4 members (excludes halogenated alkanes) is 2. The molecule has 4 aliphatic rings. The summed E-state index contributed by atoms with van der Waals surface area (Å²) in [5.41, 5.74) is 4.19. The molecule has 17 nitrogen and oxygen atoms in total. The van der Waals surface area contributed by atoms with Gasteiger partial charge in [-0.2, -0.15) is 0 Å². The molecule has 2 aliphatic heterocycles. The SMILES string of the molecule is C=CCO[C@@]12Oc3ccc(OC(=O)NCc4ccccc4)cc3[C@H]3[C@H](CCCCO)[C@@H](CCCCO)C=C(C(=NOCc4ccc([N+](=O)[O-])cc4)C[C@@H]1N(Cc1ccc4c(c1)OCO4)C(=O)OCCCl)[C@H]32. The third kappa shape index (κ3) is 11.8. The first-order valence-corrected chi connectivity index (χ1v) is 24.5. The Morgan fingerprint density at radius 1 is 0.930 bits per heavy atom. The maximum absolute atomic E-state index is 14.8. The van der Waals surface area contributed by atoms with Crippen molar-refractivity contribution in [1.29, 1.82) is 0 Å². The van der Waals surface area contributed by atoms with Crippen LogP contribution in [-0.4, -0.2) is 88.9 Å². The Morgan fingerprint density at radius 3 is 2.42 bits per heavy atom. The van der Waals surface area contributed by atoms with Gasteiger partial charge in [0.05, 0.1) is 29.0 Å². The lowest BCUT2D eigenvalue weighted by Crippen LogP contribution is -2.70. The molecule has 2 aliphatic carbocycles. The van der Waals surface area contributed by atoms with Crippen LogP contribution in [0.4, 0.5) is 15.3 Å². The number of hydrogen-bond acceptors (Lipinski definition) is 14. The number of rotatable bonds is 23. The number of nitro benzene ring substituents is 1. The molecule has 0 aromatic heterocycles. The number of oxime groups is 1. The third-order valence-corrected chi connectivity index (χ3v) is 13.5. The van der Waals surface area contributed by atoms with Gasteiger partial charge in [-0.1, -0.05) is 66.5 Å². The first kappa shape index (κ1) is 50.7. The molecule has 4 aromatic carbocycles. The lowest BCUT2D eigenvalue weighted by atomic mass is 9.55. The number of amides is 2. The van der Waals surface area contributed by atoms with E-state index in [-0.39, 0.29) is 88.5 Å². The van der Waals surface area contributed by atoms with Crippen LogP contribution in [0.25, 0.3) is 0 Å². The summed E-state index contributed by atoms with van der Waals surface area (Å²) in [6.07, 6.45) is 6.44. The average molecular weight is 996 g/mol. The number of halogens is 1. The maximum Gasteiger partial charge on any atom is 0.412 e. The first-order chi connectivity index (χ1) is 34.7. The van der Waals surface area contributed by atoms with Gasteiger partial charge in [0.1, 0.15) is 30.8 Å². The molecule has 71 heavy (non-hydrogen) atoms. The topological polar surface area (TPSA) is 210 Å². The zero-order valence-corrected chi connectivity index (χ0v) is 40.1. The number of alkyl halides is 1. The number of fused-ring (bicyclic) bond motifs is 3. The Bertz CT molecular complexity index is 2560. The third-order valence-electron chi connectivity index (χ3n) is 13.4. The molecule has 4 aromatic rings. The lowest BCUT2D eigenvalue weighted by molar-refractivity contribution is -0.384.